The maximum absolute atomic E-state index is 4.62. The summed E-state index contributed by atoms with van der Waals surface area (Å²) < 4.78 is 0. The van der Waals surface area contributed by atoms with Gasteiger partial charge in [-0.3, -0.25) is 0 Å². The van der Waals surface area contributed by atoms with E-state index in [1.165, 1.54) is 17.7 Å². The van der Waals surface area contributed by atoms with Crippen molar-refractivity contribution in [2.24, 2.45) is 9.98 Å². The number of likely N-dealkylation sites (tertiary alicyclic amines) is 1. The molecule has 2 rings (SSSR count). The molecular weight excluding hydrogens is 254 g/mol. The predicted octanol–water partition coefficient (Wildman–Crippen LogP) is 4.04. The molecule has 1 fully saturated rings. The Morgan fingerprint density at radius 2 is 2.00 bits per heavy atom. The third-order valence-corrected chi connectivity index (χ3v) is 4.11. The van der Waals surface area contributed by atoms with E-state index in [1.54, 1.807) is 11.3 Å². The molecule has 0 spiro atoms. The molecular formula is C15H21N3S. The SMILES string of the molecule is CC=C(N=C(C)N=C(C)N1CCCC1)c1cccs1. The van der Waals surface area contributed by atoms with E-state index >= 15 is 0 Å². The lowest BCUT2D eigenvalue weighted by molar-refractivity contribution is 0.517. The normalized spacial score (nSPS) is 18.3. The lowest BCUT2D eigenvalue weighted by atomic mass is 10.3. The van der Waals surface area contributed by atoms with Crippen LogP contribution in [0.1, 0.15) is 38.5 Å². The van der Waals surface area contributed by atoms with E-state index in [-0.39, 0.29) is 0 Å². The highest BCUT2D eigenvalue weighted by atomic mass is 32.1. The molecule has 1 aliphatic heterocycles. The molecule has 0 aliphatic carbocycles. The molecule has 0 aromatic carbocycles. The minimum absolute atomic E-state index is 0.825. The van der Waals surface area contributed by atoms with Crippen molar-refractivity contribution >= 4 is 28.7 Å². The average Bonchev–Trinajstić information content (AvgIpc) is 3.07. The third-order valence-electron chi connectivity index (χ3n) is 3.22. The molecule has 0 bridgehead atoms. The number of thiophene rings is 1. The van der Waals surface area contributed by atoms with Crippen LogP contribution in [0.4, 0.5) is 0 Å². The Kier molecular flexibility index (Phi) is 4.91. The van der Waals surface area contributed by atoms with Crippen molar-refractivity contribution in [1.29, 1.82) is 0 Å². The Morgan fingerprint density at radius 3 is 2.58 bits per heavy atom. The number of amidine groups is 2. The van der Waals surface area contributed by atoms with Crippen molar-refractivity contribution in [2.45, 2.75) is 33.6 Å². The van der Waals surface area contributed by atoms with Crippen LogP contribution in [0.15, 0.2) is 33.6 Å². The maximum atomic E-state index is 4.62. The number of allylic oxidation sites excluding steroid dienone is 1. The van der Waals surface area contributed by atoms with Gasteiger partial charge in [-0.2, -0.15) is 0 Å². The first kappa shape index (κ1) is 14.0. The van der Waals surface area contributed by atoms with Gasteiger partial charge in [0.05, 0.1) is 10.6 Å². The van der Waals surface area contributed by atoms with Gasteiger partial charge in [-0.25, -0.2) is 9.98 Å². The van der Waals surface area contributed by atoms with Crippen LogP contribution in [0, 0.1) is 0 Å². The second kappa shape index (κ2) is 6.66. The van der Waals surface area contributed by atoms with Gasteiger partial charge in [-0.05, 0) is 45.1 Å². The van der Waals surface area contributed by atoms with Gasteiger partial charge in [0, 0.05) is 13.1 Å². The summed E-state index contributed by atoms with van der Waals surface area (Å²) in [6.45, 7) is 8.32. The van der Waals surface area contributed by atoms with E-state index in [9.17, 15) is 0 Å². The van der Waals surface area contributed by atoms with E-state index in [1.807, 2.05) is 26.0 Å². The molecule has 1 aromatic heterocycles. The van der Waals surface area contributed by atoms with Gasteiger partial charge in [0.25, 0.3) is 0 Å². The van der Waals surface area contributed by atoms with Crippen LogP contribution in [0.3, 0.4) is 0 Å². The Morgan fingerprint density at radius 1 is 1.26 bits per heavy atom. The summed E-state index contributed by atoms with van der Waals surface area (Å²) in [4.78, 5) is 12.8. The van der Waals surface area contributed by atoms with Crippen LogP contribution < -0.4 is 0 Å². The van der Waals surface area contributed by atoms with Gasteiger partial charge >= 0.3 is 0 Å². The Bertz CT molecular complexity index is 491. The summed E-state index contributed by atoms with van der Waals surface area (Å²) in [6.07, 6.45) is 4.59. The van der Waals surface area contributed by atoms with Crippen molar-refractivity contribution in [2.75, 3.05) is 13.1 Å². The summed E-state index contributed by atoms with van der Waals surface area (Å²) in [5.41, 5.74) is 1.01. The van der Waals surface area contributed by atoms with Crippen molar-refractivity contribution < 1.29 is 0 Å². The molecule has 4 heteroatoms. The highest BCUT2D eigenvalue weighted by Crippen LogP contribution is 2.21. The van der Waals surface area contributed by atoms with Gasteiger partial charge in [0.15, 0.2) is 0 Å². The first-order valence-electron chi connectivity index (χ1n) is 6.76. The van der Waals surface area contributed by atoms with E-state index < -0.39 is 0 Å². The quantitative estimate of drug-likeness (QED) is 0.591. The van der Waals surface area contributed by atoms with Gasteiger partial charge in [0.1, 0.15) is 11.7 Å². The predicted molar refractivity (Wildman–Crippen MR) is 85.0 cm³/mol. The number of nitrogens with zero attached hydrogens (tertiary/aromatic N) is 3. The monoisotopic (exact) mass is 275 g/mol. The van der Waals surface area contributed by atoms with Gasteiger partial charge in [0.2, 0.25) is 0 Å². The Balaban J connectivity index is 2.11. The van der Waals surface area contributed by atoms with Crippen molar-refractivity contribution in [3.8, 4) is 0 Å². The zero-order valence-corrected chi connectivity index (χ0v) is 12.7. The molecule has 0 unspecified atom stereocenters. The van der Waals surface area contributed by atoms with Gasteiger partial charge in [-0.15, -0.1) is 11.3 Å². The van der Waals surface area contributed by atoms with Crippen molar-refractivity contribution in [3.05, 3.63) is 28.5 Å². The third kappa shape index (κ3) is 3.77. The summed E-state index contributed by atoms with van der Waals surface area (Å²) in [7, 11) is 0. The molecule has 1 aromatic rings. The van der Waals surface area contributed by atoms with Crippen molar-refractivity contribution in [3.63, 3.8) is 0 Å². The fraction of sp³-hybridized carbons (Fsp3) is 0.467. The topological polar surface area (TPSA) is 28.0 Å². The van der Waals surface area contributed by atoms with Crippen LogP contribution in [-0.2, 0) is 0 Å². The standard InChI is InChI=1S/C15H21N3S/c1-4-14(15-8-7-11-19-15)17-12(2)16-13(3)18-9-5-6-10-18/h4,7-8,11H,5-6,9-10H2,1-3H3. The van der Waals surface area contributed by atoms with Crippen LogP contribution in [0.5, 0.6) is 0 Å². The molecule has 19 heavy (non-hydrogen) atoms. The first-order chi connectivity index (χ1) is 9.20. The highest BCUT2D eigenvalue weighted by Gasteiger charge is 2.12. The van der Waals surface area contributed by atoms with Crippen LogP contribution in [-0.4, -0.2) is 29.7 Å². The second-order valence-electron chi connectivity index (χ2n) is 4.66. The maximum Gasteiger partial charge on any atom is 0.128 e. The number of aliphatic imine (C=N–C) groups is 2. The molecule has 0 radical (unpaired) electrons. The molecule has 0 saturated carbocycles. The van der Waals surface area contributed by atoms with Crippen molar-refractivity contribution in [1.82, 2.24) is 4.90 Å². The zero-order valence-electron chi connectivity index (χ0n) is 11.9. The Labute approximate surface area is 119 Å². The fourth-order valence-corrected chi connectivity index (χ4v) is 2.98. The number of hydrogen-bond donors (Lipinski definition) is 0. The van der Waals surface area contributed by atoms with E-state index in [0.29, 0.717) is 0 Å². The molecule has 1 aliphatic rings. The lowest BCUT2D eigenvalue weighted by Gasteiger charge is -2.16. The average molecular weight is 275 g/mol. The van der Waals surface area contributed by atoms with Gasteiger partial charge in [-0.1, -0.05) is 12.1 Å². The summed E-state index contributed by atoms with van der Waals surface area (Å²) in [6, 6.07) is 4.14. The largest absolute Gasteiger partial charge is 0.360 e. The Hall–Kier alpha value is -1.42. The molecule has 0 atom stereocenters. The smallest absolute Gasteiger partial charge is 0.128 e. The van der Waals surface area contributed by atoms with E-state index in [4.69, 9.17) is 0 Å². The van der Waals surface area contributed by atoms with Crippen LogP contribution >= 0.6 is 11.3 Å². The first-order valence-corrected chi connectivity index (χ1v) is 7.64. The highest BCUT2D eigenvalue weighted by molar-refractivity contribution is 7.11. The van der Waals surface area contributed by atoms with Gasteiger partial charge < -0.3 is 4.90 Å². The molecule has 1 saturated heterocycles. The number of hydrogen-bond acceptors (Lipinski definition) is 2. The second-order valence-corrected chi connectivity index (χ2v) is 5.61. The van der Waals surface area contributed by atoms with E-state index in [2.05, 4.69) is 33.3 Å². The minimum atomic E-state index is 0.825. The van der Waals surface area contributed by atoms with Crippen LogP contribution in [0.2, 0.25) is 0 Å². The number of rotatable bonds is 2. The summed E-state index contributed by atoms with van der Waals surface area (Å²) in [5.74, 6) is 1.91. The lowest BCUT2D eigenvalue weighted by Crippen LogP contribution is -2.25. The molecule has 2 heterocycles. The minimum Gasteiger partial charge on any atom is -0.360 e. The molecule has 0 N–H and O–H groups in total. The molecule has 0 amide bonds. The van der Waals surface area contributed by atoms with Crippen LogP contribution in [0.25, 0.3) is 5.70 Å². The fourth-order valence-electron chi connectivity index (χ4n) is 2.23. The van der Waals surface area contributed by atoms with E-state index in [0.717, 1.165) is 30.5 Å². The summed E-state index contributed by atoms with van der Waals surface area (Å²) in [5, 5.41) is 2.07. The molecule has 102 valence electrons. The summed E-state index contributed by atoms with van der Waals surface area (Å²) >= 11 is 1.71. The molecule has 3 nitrogen and oxygen atoms in total. The zero-order chi connectivity index (χ0) is 13.7.